The number of benzene rings is 2. The van der Waals surface area contributed by atoms with E-state index in [0.29, 0.717) is 20.4 Å². The number of aromatic nitrogens is 2. The molecular formula is C23H23F3N4O7S. The molecule has 2 aromatic carbocycles. The van der Waals surface area contributed by atoms with Crippen LogP contribution in [0.3, 0.4) is 0 Å². The number of hydrogen-bond donors (Lipinski definition) is 2. The van der Waals surface area contributed by atoms with Gasteiger partial charge in [-0.05, 0) is 42.8 Å². The zero-order chi connectivity index (χ0) is 28.3. The molecule has 2 N–H and O–H groups in total. The molecule has 0 saturated heterocycles. The fourth-order valence-corrected chi connectivity index (χ4v) is 4.94. The minimum absolute atomic E-state index is 0.224. The number of rotatable bonds is 9. The Labute approximate surface area is 214 Å². The van der Waals surface area contributed by atoms with Crippen LogP contribution < -0.4 is 21.5 Å². The summed E-state index contributed by atoms with van der Waals surface area (Å²) in [6, 6.07) is 12.5. The first-order chi connectivity index (χ1) is 17.8. The van der Waals surface area contributed by atoms with Gasteiger partial charge in [0.05, 0.1) is 4.90 Å². The number of likely N-dealkylation sites (N-methyl/N-ethyl adjacent to an activating group) is 1. The number of sulfonamides is 1. The lowest BCUT2D eigenvalue weighted by molar-refractivity contribution is -0.144. The average molecular weight is 557 g/mol. The SMILES string of the molecule is CN(C(CCn1c(=O)cc(C(F)(F)F)n(C)c1=O)C(=O)NO)S(=O)(=O)c1ccc(Oc2ccccc2)cc1. The van der Waals surface area contributed by atoms with Crippen LogP contribution in [0, 0.1) is 0 Å². The molecule has 1 heterocycles. The molecule has 1 atom stereocenters. The van der Waals surface area contributed by atoms with E-state index in [4.69, 9.17) is 9.94 Å². The molecule has 15 heteroatoms. The molecule has 0 aliphatic carbocycles. The van der Waals surface area contributed by atoms with Crippen molar-refractivity contribution in [2.75, 3.05) is 7.05 Å². The van der Waals surface area contributed by atoms with E-state index in [0.717, 1.165) is 14.1 Å². The molecular weight excluding hydrogens is 533 g/mol. The van der Waals surface area contributed by atoms with Gasteiger partial charge in [-0.25, -0.2) is 18.7 Å². The third-order valence-corrected chi connectivity index (χ3v) is 7.53. The number of carbonyl (C=O) groups is 1. The maximum atomic E-state index is 13.2. The smallest absolute Gasteiger partial charge is 0.431 e. The lowest BCUT2D eigenvalue weighted by Crippen LogP contribution is -2.49. The minimum atomic E-state index is -4.96. The van der Waals surface area contributed by atoms with E-state index >= 15 is 0 Å². The molecule has 1 amide bonds. The number of ether oxygens (including phenoxy) is 1. The molecule has 0 saturated carbocycles. The summed E-state index contributed by atoms with van der Waals surface area (Å²) < 4.78 is 72.5. The Morgan fingerprint density at radius 2 is 1.66 bits per heavy atom. The van der Waals surface area contributed by atoms with Crippen LogP contribution in [0.25, 0.3) is 0 Å². The Morgan fingerprint density at radius 1 is 1.08 bits per heavy atom. The number of nitrogens with zero attached hydrogens (tertiary/aromatic N) is 3. The molecule has 204 valence electrons. The normalized spacial score (nSPS) is 12.8. The Morgan fingerprint density at radius 3 is 2.21 bits per heavy atom. The standard InChI is InChI=1S/C23H23F3N4O7S/c1-28-19(23(24,25)26)14-20(31)30(22(28)33)13-12-18(21(32)27-34)29(2)38(35,36)17-10-8-16(9-11-17)37-15-6-4-3-5-7-15/h3-11,14,18,34H,12-13H2,1-2H3,(H,27,32). The van der Waals surface area contributed by atoms with E-state index in [2.05, 4.69) is 0 Å². The number of nitrogens with one attached hydrogen (secondary N) is 1. The van der Waals surface area contributed by atoms with Crippen molar-refractivity contribution < 1.29 is 36.3 Å². The summed E-state index contributed by atoms with van der Waals surface area (Å²) >= 11 is 0. The highest BCUT2D eigenvalue weighted by Crippen LogP contribution is 2.27. The van der Waals surface area contributed by atoms with E-state index in [1.807, 2.05) is 0 Å². The highest BCUT2D eigenvalue weighted by atomic mass is 32.2. The fraction of sp³-hybridized carbons (Fsp3) is 0.261. The Balaban J connectivity index is 1.85. The maximum absolute atomic E-state index is 13.2. The van der Waals surface area contributed by atoms with Crippen molar-refractivity contribution in [1.82, 2.24) is 18.9 Å². The molecule has 11 nitrogen and oxygen atoms in total. The summed E-state index contributed by atoms with van der Waals surface area (Å²) in [6.07, 6.45) is -5.49. The molecule has 1 unspecified atom stereocenters. The van der Waals surface area contributed by atoms with Crippen molar-refractivity contribution in [3.63, 3.8) is 0 Å². The van der Waals surface area contributed by atoms with Crippen LogP contribution in [0.5, 0.6) is 11.5 Å². The summed E-state index contributed by atoms with van der Waals surface area (Å²) in [5.41, 5.74) is -2.74. The van der Waals surface area contributed by atoms with Gasteiger partial charge in [-0.3, -0.25) is 23.9 Å². The lowest BCUT2D eigenvalue weighted by Gasteiger charge is -2.26. The van der Waals surface area contributed by atoms with Crippen molar-refractivity contribution in [3.05, 3.63) is 87.2 Å². The van der Waals surface area contributed by atoms with Crippen LogP contribution in [0.4, 0.5) is 13.2 Å². The summed E-state index contributed by atoms with van der Waals surface area (Å²) in [7, 11) is -2.50. The van der Waals surface area contributed by atoms with Gasteiger partial charge in [-0.2, -0.15) is 17.5 Å². The molecule has 38 heavy (non-hydrogen) atoms. The van der Waals surface area contributed by atoms with E-state index in [9.17, 15) is 36.0 Å². The maximum Gasteiger partial charge on any atom is 0.431 e. The van der Waals surface area contributed by atoms with Gasteiger partial charge in [0.25, 0.3) is 11.5 Å². The van der Waals surface area contributed by atoms with Crippen molar-refractivity contribution in [2.45, 2.75) is 30.1 Å². The van der Waals surface area contributed by atoms with Gasteiger partial charge in [-0.1, -0.05) is 18.2 Å². The summed E-state index contributed by atoms with van der Waals surface area (Å²) in [5.74, 6) is -0.332. The van der Waals surface area contributed by atoms with Gasteiger partial charge < -0.3 is 4.74 Å². The molecule has 3 aromatic rings. The Kier molecular flexibility index (Phi) is 8.44. The van der Waals surface area contributed by atoms with E-state index < -0.39 is 58.1 Å². The molecule has 0 fully saturated rings. The average Bonchev–Trinajstić information content (AvgIpc) is 2.87. The van der Waals surface area contributed by atoms with Crippen molar-refractivity contribution in [1.29, 1.82) is 0 Å². The zero-order valence-corrected chi connectivity index (χ0v) is 20.9. The largest absolute Gasteiger partial charge is 0.457 e. The zero-order valence-electron chi connectivity index (χ0n) is 20.0. The van der Waals surface area contributed by atoms with Gasteiger partial charge in [0.2, 0.25) is 10.0 Å². The van der Waals surface area contributed by atoms with Gasteiger partial charge in [-0.15, -0.1) is 0 Å². The van der Waals surface area contributed by atoms with Gasteiger partial charge in [0.1, 0.15) is 23.2 Å². The number of alkyl halides is 3. The molecule has 0 aliphatic heterocycles. The van der Waals surface area contributed by atoms with Crippen molar-refractivity contribution in [2.24, 2.45) is 7.05 Å². The monoisotopic (exact) mass is 556 g/mol. The van der Waals surface area contributed by atoms with Gasteiger partial charge >= 0.3 is 11.9 Å². The number of amides is 1. The molecule has 0 aliphatic rings. The van der Waals surface area contributed by atoms with E-state index in [1.165, 1.54) is 29.7 Å². The number of halogens is 3. The van der Waals surface area contributed by atoms with Crippen molar-refractivity contribution in [3.8, 4) is 11.5 Å². The number of para-hydroxylation sites is 1. The second kappa shape index (κ2) is 11.2. The van der Waals surface area contributed by atoms with Crippen LogP contribution in [0.1, 0.15) is 12.1 Å². The first-order valence-electron chi connectivity index (χ1n) is 10.9. The van der Waals surface area contributed by atoms with Crippen LogP contribution in [0.2, 0.25) is 0 Å². The predicted molar refractivity (Wildman–Crippen MR) is 127 cm³/mol. The van der Waals surface area contributed by atoms with Crippen LogP contribution in [-0.4, -0.2) is 46.1 Å². The van der Waals surface area contributed by atoms with Crippen LogP contribution in [0.15, 0.2) is 75.1 Å². The van der Waals surface area contributed by atoms with Gasteiger partial charge in [0.15, 0.2) is 0 Å². The number of carbonyl (C=O) groups excluding carboxylic acids is 1. The fourth-order valence-electron chi connectivity index (χ4n) is 3.59. The summed E-state index contributed by atoms with van der Waals surface area (Å²) in [5, 5.41) is 9.15. The predicted octanol–water partition coefficient (Wildman–Crippen LogP) is 1.94. The minimum Gasteiger partial charge on any atom is -0.457 e. The van der Waals surface area contributed by atoms with Gasteiger partial charge in [0, 0.05) is 26.7 Å². The summed E-state index contributed by atoms with van der Waals surface area (Å²) in [6.45, 7) is -0.620. The topological polar surface area (TPSA) is 140 Å². The van der Waals surface area contributed by atoms with E-state index in [1.54, 1.807) is 30.3 Å². The third kappa shape index (κ3) is 6.12. The third-order valence-electron chi connectivity index (χ3n) is 5.65. The number of hydroxylamine groups is 1. The highest BCUT2D eigenvalue weighted by molar-refractivity contribution is 7.89. The Hall–Kier alpha value is -3.95. The molecule has 0 spiro atoms. The van der Waals surface area contributed by atoms with Crippen LogP contribution >= 0.6 is 0 Å². The first-order valence-corrected chi connectivity index (χ1v) is 12.3. The van der Waals surface area contributed by atoms with E-state index in [-0.39, 0.29) is 15.5 Å². The Bertz CT molecular complexity index is 1520. The molecule has 0 bridgehead atoms. The highest BCUT2D eigenvalue weighted by Gasteiger charge is 2.36. The quantitative estimate of drug-likeness (QED) is 0.303. The molecule has 0 radical (unpaired) electrons. The molecule has 1 aromatic heterocycles. The summed E-state index contributed by atoms with van der Waals surface area (Å²) in [4.78, 5) is 36.7. The number of hydrogen-bond acceptors (Lipinski definition) is 7. The van der Waals surface area contributed by atoms with Crippen molar-refractivity contribution >= 4 is 15.9 Å². The molecule has 3 rings (SSSR count). The second-order valence-corrected chi connectivity index (χ2v) is 10.0. The first kappa shape index (κ1) is 28.6. The second-order valence-electron chi connectivity index (χ2n) is 8.05. The van der Waals surface area contributed by atoms with Crippen LogP contribution in [-0.2, 0) is 34.6 Å². The lowest BCUT2D eigenvalue weighted by atomic mass is 10.2.